The van der Waals surface area contributed by atoms with E-state index in [9.17, 15) is 0 Å². The number of benzene rings is 1. The van der Waals surface area contributed by atoms with Crippen molar-refractivity contribution in [2.75, 3.05) is 45.3 Å². The Balaban J connectivity index is 1.37. The van der Waals surface area contributed by atoms with Gasteiger partial charge in [-0.05, 0) is 30.5 Å². The third-order valence-electron chi connectivity index (χ3n) is 3.52. The average molecular weight is 295 g/mol. The van der Waals surface area contributed by atoms with E-state index in [1.54, 1.807) is 0 Å². The third kappa shape index (κ3) is 3.81. The summed E-state index contributed by atoms with van der Waals surface area (Å²) in [5, 5.41) is 3.50. The molecule has 20 heavy (non-hydrogen) atoms. The monoisotopic (exact) mass is 295 g/mol. The van der Waals surface area contributed by atoms with E-state index in [2.05, 4.69) is 17.4 Å². The quantitative estimate of drug-likeness (QED) is 0.643. The van der Waals surface area contributed by atoms with Gasteiger partial charge in [0.05, 0.1) is 6.61 Å². The first-order chi connectivity index (χ1) is 9.92. The second-order valence-electron chi connectivity index (χ2n) is 5.09. The highest BCUT2D eigenvalue weighted by atomic mass is 32.2. The minimum absolute atomic E-state index is 0.645. The Hall–Kier alpha value is -0.910. The summed E-state index contributed by atoms with van der Waals surface area (Å²) >= 11 is 1.85. The highest BCUT2D eigenvalue weighted by Gasteiger charge is 2.14. The lowest BCUT2D eigenvalue weighted by Gasteiger charge is -2.18. The number of hydrogen-bond acceptors (Lipinski definition) is 5. The molecule has 0 aromatic heterocycles. The van der Waals surface area contributed by atoms with Gasteiger partial charge in [0.1, 0.15) is 13.2 Å². The van der Waals surface area contributed by atoms with E-state index in [1.807, 2.05) is 17.8 Å². The maximum atomic E-state index is 5.59. The molecule has 1 unspecified atom stereocenters. The van der Waals surface area contributed by atoms with Crippen molar-refractivity contribution in [3.63, 3.8) is 0 Å². The molecule has 1 saturated heterocycles. The molecule has 0 spiro atoms. The van der Waals surface area contributed by atoms with Crippen LogP contribution in [0, 0.1) is 5.92 Å². The van der Waals surface area contributed by atoms with Crippen LogP contribution in [0.1, 0.15) is 6.42 Å². The summed E-state index contributed by atoms with van der Waals surface area (Å²) in [6.45, 7) is 5.23. The van der Waals surface area contributed by atoms with Crippen molar-refractivity contribution >= 4 is 11.8 Å². The zero-order valence-electron chi connectivity index (χ0n) is 11.6. The molecule has 2 aliphatic heterocycles. The predicted octanol–water partition coefficient (Wildman–Crippen LogP) is 2.18. The maximum Gasteiger partial charge on any atom is 0.162 e. The van der Waals surface area contributed by atoms with E-state index in [-0.39, 0.29) is 0 Å². The fraction of sp³-hybridized carbons (Fsp3) is 0.600. The lowest BCUT2D eigenvalue weighted by Crippen LogP contribution is -2.25. The molecule has 0 aliphatic carbocycles. The van der Waals surface area contributed by atoms with Crippen molar-refractivity contribution in [1.29, 1.82) is 0 Å². The topological polar surface area (TPSA) is 39.7 Å². The Kier molecular flexibility index (Phi) is 5.06. The summed E-state index contributed by atoms with van der Waals surface area (Å²) in [6, 6.07) is 6.17. The van der Waals surface area contributed by atoms with Gasteiger partial charge < -0.3 is 19.5 Å². The number of rotatable bonds is 6. The number of fused-ring (bicyclic) bond motifs is 1. The number of nitrogens with one attached hydrogen (secondary N) is 1. The molecule has 5 heteroatoms. The Morgan fingerprint density at radius 2 is 2.05 bits per heavy atom. The van der Waals surface area contributed by atoms with Crippen LogP contribution in [0.4, 0.5) is 0 Å². The lowest BCUT2D eigenvalue weighted by molar-refractivity contribution is 0.171. The molecule has 1 N–H and O–H groups in total. The zero-order chi connectivity index (χ0) is 13.6. The number of ether oxygens (including phenoxy) is 3. The van der Waals surface area contributed by atoms with Gasteiger partial charge in [0.25, 0.3) is 0 Å². The first kappa shape index (κ1) is 14.0. The molecule has 4 nitrogen and oxygen atoms in total. The summed E-state index contributed by atoms with van der Waals surface area (Å²) in [5.74, 6) is 3.50. The smallest absolute Gasteiger partial charge is 0.162 e. The lowest BCUT2D eigenvalue weighted by atomic mass is 10.1. The largest absolute Gasteiger partial charge is 0.486 e. The SMILES string of the molecule is c1cc2c(cc1SCCNCC1CCOC1)OCCO2. The second-order valence-corrected chi connectivity index (χ2v) is 6.26. The van der Waals surface area contributed by atoms with Gasteiger partial charge in [0.15, 0.2) is 11.5 Å². The maximum absolute atomic E-state index is 5.59. The minimum Gasteiger partial charge on any atom is -0.486 e. The molecular formula is C15H21NO3S. The molecule has 1 aromatic rings. The van der Waals surface area contributed by atoms with Crippen molar-refractivity contribution in [2.24, 2.45) is 5.92 Å². The Bertz CT molecular complexity index is 435. The number of thioether (sulfide) groups is 1. The van der Waals surface area contributed by atoms with Crippen LogP contribution in [-0.2, 0) is 4.74 Å². The molecule has 1 fully saturated rings. The summed E-state index contributed by atoms with van der Waals surface area (Å²) in [4.78, 5) is 1.24. The third-order valence-corrected chi connectivity index (χ3v) is 4.51. The summed E-state index contributed by atoms with van der Waals surface area (Å²) in [6.07, 6.45) is 1.20. The van der Waals surface area contributed by atoms with Crippen molar-refractivity contribution in [1.82, 2.24) is 5.32 Å². The fourth-order valence-electron chi connectivity index (χ4n) is 2.41. The van der Waals surface area contributed by atoms with Gasteiger partial charge in [-0.2, -0.15) is 0 Å². The Morgan fingerprint density at radius 3 is 2.90 bits per heavy atom. The highest BCUT2D eigenvalue weighted by Crippen LogP contribution is 2.33. The molecule has 0 amide bonds. The molecular weight excluding hydrogens is 274 g/mol. The molecule has 1 atom stereocenters. The fourth-order valence-corrected chi connectivity index (χ4v) is 3.24. The van der Waals surface area contributed by atoms with Crippen LogP contribution < -0.4 is 14.8 Å². The van der Waals surface area contributed by atoms with E-state index in [4.69, 9.17) is 14.2 Å². The first-order valence-electron chi connectivity index (χ1n) is 7.23. The van der Waals surface area contributed by atoms with Gasteiger partial charge in [0.2, 0.25) is 0 Å². The van der Waals surface area contributed by atoms with Crippen LogP contribution in [-0.4, -0.2) is 45.3 Å². The molecule has 1 aromatic carbocycles. The van der Waals surface area contributed by atoms with Crippen LogP contribution in [0.2, 0.25) is 0 Å². The van der Waals surface area contributed by atoms with Crippen LogP contribution in [0.5, 0.6) is 11.5 Å². The predicted molar refractivity (Wildman–Crippen MR) is 80.0 cm³/mol. The number of hydrogen-bond donors (Lipinski definition) is 1. The van der Waals surface area contributed by atoms with Crippen molar-refractivity contribution < 1.29 is 14.2 Å². The second kappa shape index (κ2) is 7.20. The molecule has 0 bridgehead atoms. The van der Waals surface area contributed by atoms with Crippen molar-refractivity contribution in [2.45, 2.75) is 11.3 Å². The van der Waals surface area contributed by atoms with E-state index in [0.717, 1.165) is 43.6 Å². The summed E-state index contributed by atoms with van der Waals surface area (Å²) < 4.78 is 16.5. The Morgan fingerprint density at radius 1 is 1.15 bits per heavy atom. The van der Waals surface area contributed by atoms with E-state index < -0.39 is 0 Å². The molecule has 3 rings (SSSR count). The van der Waals surface area contributed by atoms with Crippen LogP contribution in [0.25, 0.3) is 0 Å². The van der Waals surface area contributed by atoms with Gasteiger partial charge >= 0.3 is 0 Å². The highest BCUT2D eigenvalue weighted by molar-refractivity contribution is 7.99. The zero-order valence-corrected chi connectivity index (χ0v) is 12.4. The standard InChI is InChI=1S/C15H21NO3S/c1-2-14-15(19-7-6-18-14)9-13(1)20-8-4-16-10-12-3-5-17-11-12/h1-2,9,12,16H,3-8,10-11H2. The minimum atomic E-state index is 0.645. The molecule has 110 valence electrons. The van der Waals surface area contributed by atoms with E-state index in [1.165, 1.54) is 11.3 Å². The van der Waals surface area contributed by atoms with Crippen LogP contribution in [0.15, 0.2) is 23.1 Å². The molecule has 2 aliphatic rings. The van der Waals surface area contributed by atoms with E-state index >= 15 is 0 Å². The van der Waals surface area contributed by atoms with Gasteiger partial charge in [-0.15, -0.1) is 11.8 Å². The summed E-state index contributed by atoms with van der Waals surface area (Å²) in [7, 11) is 0. The van der Waals surface area contributed by atoms with Gasteiger partial charge in [-0.25, -0.2) is 0 Å². The normalized spacial score (nSPS) is 21.1. The molecule has 2 heterocycles. The Labute approximate surface area is 124 Å². The van der Waals surface area contributed by atoms with Crippen LogP contribution in [0.3, 0.4) is 0 Å². The van der Waals surface area contributed by atoms with Gasteiger partial charge in [-0.3, -0.25) is 0 Å². The van der Waals surface area contributed by atoms with Crippen molar-refractivity contribution in [3.8, 4) is 11.5 Å². The van der Waals surface area contributed by atoms with E-state index in [0.29, 0.717) is 19.1 Å². The van der Waals surface area contributed by atoms with Crippen molar-refractivity contribution in [3.05, 3.63) is 18.2 Å². The molecule has 0 saturated carbocycles. The first-order valence-corrected chi connectivity index (χ1v) is 8.21. The van der Waals surface area contributed by atoms with Gasteiger partial charge in [-0.1, -0.05) is 0 Å². The van der Waals surface area contributed by atoms with Crippen LogP contribution >= 0.6 is 11.8 Å². The summed E-state index contributed by atoms with van der Waals surface area (Å²) in [5.41, 5.74) is 0. The average Bonchev–Trinajstić information content (AvgIpc) is 3.00. The molecule has 0 radical (unpaired) electrons. The van der Waals surface area contributed by atoms with Gasteiger partial charge in [0, 0.05) is 30.3 Å².